The van der Waals surface area contributed by atoms with Gasteiger partial charge < -0.3 is 20.3 Å². The predicted octanol–water partition coefficient (Wildman–Crippen LogP) is 3.32. The number of benzene rings is 2. The molecular weight excluding hydrogens is 570 g/mol. The minimum absolute atomic E-state index is 0.0566. The van der Waals surface area contributed by atoms with E-state index in [0.29, 0.717) is 44.8 Å². The van der Waals surface area contributed by atoms with Crippen molar-refractivity contribution in [2.45, 2.75) is 68.5 Å². The van der Waals surface area contributed by atoms with Crippen molar-refractivity contribution in [3.8, 4) is 0 Å². The van der Waals surface area contributed by atoms with E-state index < -0.39 is 39.3 Å². The van der Waals surface area contributed by atoms with Crippen molar-refractivity contribution in [2.24, 2.45) is 0 Å². The molecule has 2 saturated heterocycles. The lowest BCUT2D eigenvalue weighted by molar-refractivity contribution is -0.160. The number of halogens is 2. The highest BCUT2D eigenvalue weighted by molar-refractivity contribution is 7.89. The molecule has 4 rings (SSSR count). The van der Waals surface area contributed by atoms with E-state index in [-0.39, 0.29) is 49.2 Å². The number of amides is 3. The fourth-order valence-electron chi connectivity index (χ4n) is 5.44. The van der Waals surface area contributed by atoms with E-state index in [0.717, 1.165) is 22.0 Å². The van der Waals surface area contributed by atoms with Gasteiger partial charge >= 0.3 is 6.09 Å². The molecule has 2 aromatic rings. The summed E-state index contributed by atoms with van der Waals surface area (Å²) in [6.07, 6.45) is 1.77. The van der Waals surface area contributed by atoms with Crippen LogP contribution in [0.1, 0.15) is 51.0 Å². The van der Waals surface area contributed by atoms with Gasteiger partial charge in [0.05, 0.1) is 4.90 Å². The number of piperazine rings is 1. The highest BCUT2D eigenvalue weighted by Crippen LogP contribution is 2.35. The zero-order valence-corrected chi connectivity index (χ0v) is 24.3. The predicted molar refractivity (Wildman–Crippen MR) is 149 cm³/mol. The van der Waals surface area contributed by atoms with E-state index >= 15 is 0 Å². The Morgan fingerprint density at radius 2 is 1.79 bits per heavy atom. The molecule has 2 heterocycles. The number of carbonyl (C=O) groups excluding carboxylic acids is 3. The molecule has 0 aliphatic carbocycles. The van der Waals surface area contributed by atoms with E-state index in [2.05, 4.69) is 10.6 Å². The Morgan fingerprint density at radius 3 is 2.45 bits per heavy atom. The summed E-state index contributed by atoms with van der Waals surface area (Å²) >= 11 is 0. The quantitative estimate of drug-likeness (QED) is 0.378. The molecule has 228 valence electrons. The minimum Gasteiger partial charge on any atom is -0.445 e. The first kappa shape index (κ1) is 31.4. The van der Waals surface area contributed by atoms with Crippen LogP contribution in [0.3, 0.4) is 0 Å². The number of nitrogens with one attached hydrogen (secondary N) is 2. The van der Waals surface area contributed by atoms with Crippen molar-refractivity contribution in [2.75, 3.05) is 26.2 Å². The first-order chi connectivity index (χ1) is 20.1. The SMILES string of the molecule is CCCN1C(=O)[C@H](CCCCNC(=O)OCc2ccccc2)NC(=O)C12CCN(S(=O)(=O)c1ccc(F)c(F)c1)CC2. The fourth-order valence-corrected chi connectivity index (χ4v) is 6.89. The Labute approximate surface area is 244 Å². The summed E-state index contributed by atoms with van der Waals surface area (Å²) in [5, 5.41) is 5.53. The van der Waals surface area contributed by atoms with Gasteiger partial charge in [0.15, 0.2) is 11.6 Å². The third kappa shape index (κ3) is 6.89. The van der Waals surface area contributed by atoms with Crippen LogP contribution < -0.4 is 10.6 Å². The van der Waals surface area contributed by atoms with Crippen LogP contribution in [-0.2, 0) is 31.0 Å². The van der Waals surface area contributed by atoms with E-state index in [9.17, 15) is 31.6 Å². The van der Waals surface area contributed by atoms with Gasteiger partial charge in [-0.05, 0) is 62.3 Å². The number of hydrogen-bond donors (Lipinski definition) is 2. The van der Waals surface area contributed by atoms with Crippen LogP contribution in [0.15, 0.2) is 53.4 Å². The molecule has 42 heavy (non-hydrogen) atoms. The van der Waals surface area contributed by atoms with Crippen LogP contribution in [0.2, 0.25) is 0 Å². The second kappa shape index (κ2) is 13.6. The summed E-state index contributed by atoms with van der Waals surface area (Å²) in [5.41, 5.74) is -0.308. The highest BCUT2D eigenvalue weighted by atomic mass is 32.2. The molecule has 1 atom stereocenters. The first-order valence-electron chi connectivity index (χ1n) is 14.1. The van der Waals surface area contributed by atoms with E-state index in [1.54, 1.807) is 4.90 Å². The Bertz CT molecular complexity index is 1380. The van der Waals surface area contributed by atoms with Crippen molar-refractivity contribution in [1.29, 1.82) is 0 Å². The third-order valence-corrected chi connectivity index (χ3v) is 9.63. The molecule has 2 aliphatic rings. The van der Waals surface area contributed by atoms with Crippen molar-refractivity contribution in [3.63, 3.8) is 0 Å². The summed E-state index contributed by atoms with van der Waals surface area (Å²) in [6.45, 7) is 2.64. The lowest BCUT2D eigenvalue weighted by Gasteiger charge is -2.51. The van der Waals surface area contributed by atoms with Gasteiger partial charge in [0.2, 0.25) is 21.8 Å². The zero-order valence-electron chi connectivity index (χ0n) is 23.5. The average Bonchev–Trinajstić information content (AvgIpc) is 2.98. The molecule has 3 amide bonds. The number of hydrogen-bond acceptors (Lipinski definition) is 6. The van der Waals surface area contributed by atoms with Gasteiger partial charge in [-0.1, -0.05) is 37.3 Å². The maximum atomic E-state index is 13.7. The van der Waals surface area contributed by atoms with Gasteiger partial charge in [-0.2, -0.15) is 4.31 Å². The number of alkyl carbamates (subject to hydrolysis) is 1. The number of carbonyl (C=O) groups is 3. The average molecular weight is 607 g/mol. The number of rotatable bonds is 11. The Morgan fingerprint density at radius 1 is 1.07 bits per heavy atom. The Balaban J connectivity index is 1.29. The van der Waals surface area contributed by atoms with Crippen LogP contribution in [0.5, 0.6) is 0 Å². The molecule has 2 fully saturated rings. The standard InChI is InChI=1S/C29H36F2N4O6S/c1-2-16-35-26(36)25(10-6-7-15-32-28(38)41-20-21-8-4-3-5-9-21)33-27(37)29(35)13-17-34(18-14-29)42(39,40)22-11-12-23(30)24(31)19-22/h3-5,8-9,11-12,19,25H,2,6-7,10,13-18,20H2,1H3,(H,32,38)(H,33,37)/t25-/m0/s1. The van der Waals surface area contributed by atoms with Crippen molar-refractivity contribution < 1.29 is 36.3 Å². The summed E-state index contributed by atoms with van der Waals surface area (Å²) < 4.78 is 59.5. The van der Waals surface area contributed by atoms with Crippen LogP contribution in [0.25, 0.3) is 0 Å². The first-order valence-corrected chi connectivity index (χ1v) is 15.5. The van der Waals surface area contributed by atoms with Crippen LogP contribution >= 0.6 is 0 Å². The minimum atomic E-state index is -4.12. The Kier molecular flexibility index (Phi) is 10.2. The molecule has 0 radical (unpaired) electrons. The van der Waals surface area contributed by atoms with Gasteiger partial charge in [-0.3, -0.25) is 9.59 Å². The summed E-state index contributed by atoms with van der Waals surface area (Å²) in [7, 11) is -4.12. The van der Waals surface area contributed by atoms with Gasteiger partial charge in [0.1, 0.15) is 18.2 Å². The summed E-state index contributed by atoms with van der Waals surface area (Å²) in [6, 6.07) is 11.0. The molecule has 0 bridgehead atoms. The van der Waals surface area contributed by atoms with Gasteiger partial charge in [0, 0.05) is 26.2 Å². The van der Waals surface area contributed by atoms with Crippen molar-refractivity contribution in [1.82, 2.24) is 19.8 Å². The zero-order chi connectivity index (χ0) is 30.3. The van der Waals surface area contributed by atoms with Crippen molar-refractivity contribution in [3.05, 3.63) is 65.7 Å². The summed E-state index contributed by atoms with van der Waals surface area (Å²) in [5.74, 6) is -2.95. The number of nitrogens with zero attached hydrogens (tertiary/aromatic N) is 2. The number of unbranched alkanes of at least 4 members (excludes halogenated alkanes) is 1. The monoisotopic (exact) mass is 606 g/mol. The van der Waals surface area contributed by atoms with Gasteiger partial charge in [-0.25, -0.2) is 22.0 Å². The van der Waals surface area contributed by atoms with E-state index in [1.807, 2.05) is 37.3 Å². The van der Waals surface area contributed by atoms with Gasteiger partial charge in [0.25, 0.3) is 0 Å². The normalized spacial score (nSPS) is 19.0. The molecule has 13 heteroatoms. The van der Waals surface area contributed by atoms with Crippen LogP contribution in [0.4, 0.5) is 13.6 Å². The lowest BCUT2D eigenvalue weighted by Crippen LogP contribution is -2.73. The molecule has 2 N–H and O–H groups in total. The highest BCUT2D eigenvalue weighted by Gasteiger charge is 2.54. The number of sulfonamides is 1. The number of ether oxygens (including phenoxy) is 1. The van der Waals surface area contributed by atoms with Gasteiger partial charge in [-0.15, -0.1) is 0 Å². The summed E-state index contributed by atoms with van der Waals surface area (Å²) in [4.78, 5) is 40.1. The second-order valence-corrected chi connectivity index (χ2v) is 12.4. The smallest absolute Gasteiger partial charge is 0.407 e. The molecule has 0 saturated carbocycles. The molecule has 1 spiro atoms. The molecule has 0 aromatic heterocycles. The maximum Gasteiger partial charge on any atom is 0.407 e. The van der Waals surface area contributed by atoms with Crippen molar-refractivity contribution >= 4 is 27.9 Å². The number of piperidine rings is 1. The molecule has 0 unspecified atom stereocenters. The lowest BCUT2D eigenvalue weighted by atomic mass is 9.81. The molecular formula is C29H36F2N4O6S. The Hall–Kier alpha value is -3.58. The third-order valence-electron chi connectivity index (χ3n) is 7.74. The largest absolute Gasteiger partial charge is 0.445 e. The van der Waals surface area contributed by atoms with E-state index in [1.165, 1.54) is 0 Å². The topological polar surface area (TPSA) is 125 Å². The van der Waals surface area contributed by atoms with E-state index in [4.69, 9.17) is 4.74 Å². The van der Waals surface area contributed by atoms with Crippen LogP contribution in [-0.4, -0.2) is 73.3 Å². The van der Waals surface area contributed by atoms with Crippen LogP contribution in [0, 0.1) is 11.6 Å². The fraction of sp³-hybridized carbons (Fsp3) is 0.483. The maximum absolute atomic E-state index is 13.7. The second-order valence-electron chi connectivity index (χ2n) is 10.5. The molecule has 10 nitrogen and oxygen atoms in total. The molecule has 2 aliphatic heterocycles. The molecule has 2 aromatic carbocycles.